The zero-order valence-electron chi connectivity index (χ0n) is 11.1. The van der Waals surface area contributed by atoms with Crippen LogP contribution in [0.15, 0.2) is 24.3 Å². The minimum atomic E-state index is -1.55. The van der Waals surface area contributed by atoms with E-state index in [2.05, 4.69) is 65.1 Å². The molecule has 0 N–H and O–H groups in total. The van der Waals surface area contributed by atoms with Gasteiger partial charge in [0.25, 0.3) is 0 Å². The monoisotopic (exact) mass is 226 g/mol. The van der Waals surface area contributed by atoms with Gasteiger partial charge in [-0.3, -0.25) is 0 Å². The van der Waals surface area contributed by atoms with Crippen molar-refractivity contribution in [2.75, 3.05) is 6.61 Å². The third-order valence-electron chi connectivity index (χ3n) is 2.97. The summed E-state index contributed by atoms with van der Waals surface area (Å²) in [5, 5.41) is 0.306. The molecule has 0 aliphatic heterocycles. The van der Waals surface area contributed by atoms with E-state index in [1.807, 2.05) is 0 Å². The molecule has 0 saturated heterocycles. The van der Waals surface area contributed by atoms with E-state index < -0.39 is 8.32 Å². The molecular weight excluding hydrogens is 200 g/mol. The largest absolute Gasteiger partial charge is 0.413 e. The first kappa shape index (κ1) is 14.7. The first-order valence-electron chi connectivity index (χ1n) is 5.77. The highest BCUT2D eigenvalue weighted by Crippen LogP contribution is 2.36. The molecule has 0 spiro atoms. The van der Waals surface area contributed by atoms with Gasteiger partial charge >= 0.3 is 0 Å². The zero-order valence-corrected chi connectivity index (χ0v) is 12.1. The van der Waals surface area contributed by atoms with Crippen molar-refractivity contribution in [2.24, 2.45) is 0 Å². The Labute approximate surface area is 96.4 Å². The summed E-state index contributed by atoms with van der Waals surface area (Å²) >= 11 is 0. The smallest absolute Gasteiger partial charge is 0.192 e. The summed E-state index contributed by atoms with van der Waals surface area (Å²) in [6.07, 6.45) is 9.47. The number of hydrogen-bond donors (Lipinski definition) is 0. The Morgan fingerprint density at radius 1 is 1.07 bits per heavy atom. The second-order valence-electron chi connectivity index (χ2n) is 5.34. The second kappa shape index (κ2) is 6.29. The molecule has 0 rings (SSSR count). The van der Waals surface area contributed by atoms with Crippen LogP contribution >= 0.6 is 0 Å². The molecule has 2 heteroatoms. The maximum Gasteiger partial charge on any atom is 0.192 e. The van der Waals surface area contributed by atoms with Crippen LogP contribution in [0, 0.1) is 0 Å². The van der Waals surface area contributed by atoms with Gasteiger partial charge in [-0.1, -0.05) is 52.0 Å². The molecular formula is C13H26OSi. The topological polar surface area (TPSA) is 9.23 Å². The highest BCUT2D eigenvalue weighted by Gasteiger charge is 2.36. The van der Waals surface area contributed by atoms with Crippen LogP contribution in [0.25, 0.3) is 0 Å². The number of hydrogen-bond acceptors (Lipinski definition) is 1. The molecule has 0 aliphatic carbocycles. The van der Waals surface area contributed by atoms with Gasteiger partial charge in [0.1, 0.15) is 0 Å². The Hall–Kier alpha value is -0.343. The lowest BCUT2D eigenvalue weighted by molar-refractivity contribution is 0.328. The SMILES string of the molecule is CC/C=C\C=C\CO[Si](C)(C)C(C)(C)C. The molecule has 0 radical (unpaired) electrons. The van der Waals surface area contributed by atoms with Crippen LogP contribution in [0.5, 0.6) is 0 Å². The van der Waals surface area contributed by atoms with Crippen molar-refractivity contribution in [3.63, 3.8) is 0 Å². The maximum absolute atomic E-state index is 5.99. The molecule has 0 bridgehead atoms. The molecule has 1 nitrogen and oxygen atoms in total. The van der Waals surface area contributed by atoms with Crippen LogP contribution in [-0.2, 0) is 4.43 Å². The summed E-state index contributed by atoms with van der Waals surface area (Å²) < 4.78 is 5.99. The minimum absolute atomic E-state index is 0.306. The van der Waals surface area contributed by atoms with Crippen molar-refractivity contribution in [3.8, 4) is 0 Å². The van der Waals surface area contributed by atoms with E-state index in [4.69, 9.17) is 4.43 Å². The van der Waals surface area contributed by atoms with Gasteiger partial charge in [0.05, 0.1) is 6.61 Å². The first-order valence-corrected chi connectivity index (χ1v) is 8.67. The van der Waals surface area contributed by atoms with Gasteiger partial charge in [-0.15, -0.1) is 0 Å². The molecule has 0 amide bonds. The zero-order chi connectivity index (χ0) is 11.9. The van der Waals surface area contributed by atoms with Gasteiger partial charge in [-0.25, -0.2) is 0 Å². The Balaban J connectivity index is 3.96. The van der Waals surface area contributed by atoms with E-state index in [1.54, 1.807) is 0 Å². The van der Waals surface area contributed by atoms with Crippen molar-refractivity contribution in [1.29, 1.82) is 0 Å². The highest BCUT2D eigenvalue weighted by molar-refractivity contribution is 6.74. The molecule has 0 aromatic carbocycles. The lowest BCUT2D eigenvalue weighted by Gasteiger charge is -2.35. The van der Waals surface area contributed by atoms with E-state index >= 15 is 0 Å². The van der Waals surface area contributed by atoms with E-state index in [0.29, 0.717) is 5.04 Å². The third-order valence-corrected chi connectivity index (χ3v) is 7.47. The molecule has 0 fully saturated rings. The van der Waals surface area contributed by atoms with Crippen LogP contribution in [-0.4, -0.2) is 14.9 Å². The second-order valence-corrected chi connectivity index (χ2v) is 10.1. The van der Waals surface area contributed by atoms with Crippen LogP contribution in [0.1, 0.15) is 34.1 Å². The summed E-state index contributed by atoms with van der Waals surface area (Å²) in [7, 11) is -1.55. The molecule has 0 aromatic rings. The van der Waals surface area contributed by atoms with Crippen LogP contribution in [0.2, 0.25) is 18.1 Å². The van der Waals surface area contributed by atoms with Gasteiger partial charge in [-0.05, 0) is 24.6 Å². The summed E-state index contributed by atoms with van der Waals surface area (Å²) in [6, 6.07) is 0. The Kier molecular flexibility index (Phi) is 6.14. The van der Waals surface area contributed by atoms with Crippen LogP contribution in [0.3, 0.4) is 0 Å². The molecule has 15 heavy (non-hydrogen) atoms. The number of rotatable bonds is 5. The Bertz CT molecular complexity index is 221. The van der Waals surface area contributed by atoms with Crippen molar-refractivity contribution < 1.29 is 4.43 Å². The summed E-state index contributed by atoms with van der Waals surface area (Å²) in [5.74, 6) is 0. The average molecular weight is 226 g/mol. The van der Waals surface area contributed by atoms with Gasteiger partial charge in [-0.2, -0.15) is 0 Å². The summed E-state index contributed by atoms with van der Waals surface area (Å²) in [5.41, 5.74) is 0. The third kappa shape index (κ3) is 5.95. The molecule has 0 aliphatic rings. The first-order chi connectivity index (χ1) is 6.81. The lowest BCUT2D eigenvalue weighted by atomic mass is 10.2. The molecule has 0 aromatic heterocycles. The van der Waals surface area contributed by atoms with Gasteiger partial charge in [0.2, 0.25) is 0 Å². The van der Waals surface area contributed by atoms with Gasteiger partial charge in [0, 0.05) is 0 Å². The summed E-state index contributed by atoms with van der Waals surface area (Å²) in [4.78, 5) is 0. The van der Waals surface area contributed by atoms with E-state index in [0.717, 1.165) is 13.0 Å². The fraction of sp³-hybridized carbons (Fsp3) is 0.692. The fourth-order valence-corrected chi connectivity index (χ4v) is 1.77. The van der Waals surface area contributed by atoms with Crippen molar-refractivity contribution in [1.82, 2.24) is 0 Å². The van der Waals surface area contributed by atoms with Crippen molar-refractivity contribution in [2.45, 2.75) is 52.2 Å². The van der Waals surface area contributed by atoms with E-state index in [-0.39, 0.29) is 0 Å². The lowest BCUT2D eigenvalue weighted by Crippen LogP contribution is -2.40. The van der Waals surface area contributed by atoms with Crippen LogP contribution in [0.4, 0.5) is 0 Å². The quantitative estimate of drug-likeness (QED) is 0.494. The van der Waals surface area contributed by atoms with Crippen molar-refractivity contribution in [3.05, 3.63) is 24.3 Å². The average Bonchev–Trinajstić information content (AvgIpc) is 2.09. The predicted octanol–water partition coefficient (Wildman–Crippen LogP) is 4.53. The molecule has 0 saturated carbocycles. The molecule has 88 valence electrons. The van der Waals surface area contributed by atoms with E-state index in [1.165, 1.54) is 0 Å². The van der Waals surface area contributed by atoms with Gasteiger partial charge < -0.3 is 4.43 Å². The minimum Gasteiger partial charge on any atom is -0.413 e. The van der Waals surface area contributed by atoms with Crippen LogP contribution < -0.4 is 0 Å². The summed E-state index contributed by atoms with van der Waals surface area (Å²) in [6.45, 7) is 14.2. The Morgan fingerprint density at radius 3 is 2.07 bits per heavy atom. The normalized spacial score (nSPS) is 14.3. The van der Waals surface area contributed by atoms with Crippen molar-refractivity contribution >= 4 is 8.32 Å². The fourth-order valence-electron chi connectivity index (χ4n) is 0.822. The highest BCUT2D eigenvalue weighted by atomic mass is 28.4. The number of allylic oxidation sites excluding steroid dienone is 3. The molecule has 0 heterocycles. The standard InChI is InChI=1S/C13H26OSi/c1-7-8-9-10-11-12-14-15(5,6)13(2,3)4/h8-11H,7,12H2,1-6H3/b9-8-,11-10+. The predicted molar refractivity (Wildman–Crippen MR) is 71.7 cm³/mol. The van der Waals surface area contributed by atoms with Gasteiger partial charge in [0.15, 0.2) is 8.32 Å². The maximum atomic E-state index is 5.99. The van der Waals surface area contributed by atoms with E-state index in [9.17, 15) is 0 Å². The molecule has 0 unspecified atom stereocenters. The molecule has 0 atom stereocenters. The Morgan fingerprint density at radius 2 is 1.60 bits per heavy atom.